The normalized spacial score (nSPS) is 29.3. The van der Waals surface area contributed by atoms with Crippen molar-refractivity contribution in [1.82, 2.24) is 9.80 Å². The number of sulfone groups is 1. The number of piperazine rings is 1. The van der Waals surface area contributed by atoms with Gasteiger partial charge in [0.25, 0.3) is 0 Å². The molecule has 170 valence electrons. The van der Waals surface area contributed by atoms with E-state index < -0.39 is 9.84 Å². The molecule has 1 aromatic carbocycles. The summed E-state index contributed by atoms with van der Waals surface area (Å²) in [6, 6.07) is 5.01. The van der Waals surface area contributed by atoms with Crippen molar-refractivity contribution in [3.05, 3.63) is 28.8 Å². The zero-order chi connectivity index (χ0) is 22.5. The largest absolute Gasteiger partial charge is 0.335 e. The predicted octanol–water partition coefficient (Wildman–Crippen LogP) is 3.63. The molecule has 3 aliphatic rings. The molecule has 0 aromatic heterocycles. The Morgan fingerprint density at radius 2 is 1.77 bits per heavy atom. The number of hydrogen-bond acceptors (Lipinski definition) is 4. The minimum Gasteiger partial charge on any atom is -0.335 e. The molecule has 2 saturated carbocycles. The van der Waals surface area contributed by atoms with E-state index in [4.69, 9.17) is 11.6 Å². The van der Waals surface area contributed by atoms with Crippen LogP contribution in [0, 0.1) is 5.92 Å². The van der Waals surface area contributed by atoms with Crippen molar-refractivity contribution in [1.29, 1.82) is 0 Å². The highest BCUT2D eigenvalue weighted by Crippen LogP contribution is 2.42. The first-order valence-corrected chi connectivity index (χ1v) is 13.4. The van der Waals surface area contributed by atoms with Crippen molar-refractivity contribution in [2.75, 3.05) is 12.8 Å². The number of carbonyl (C=O) groups excluding carboxylic acids is 2. The van der Waals surface area contributed by atoms with Gasteiger partial charge in [-0.25, -0.2) is 8.42 Å². The molecule has 6 nitrogen and oxygen atoms in total. The molecule has 0 spiro atoms. The lowest BCUT2D eigenvalue weighted by atomic mass is 9.75. The molecule has 8 heteroatoms. The molecule has 1 heterocycles. The summed E-state index contributed by atoms with van der Waals surface area (Å²) in [7, 11) is -3.37. The molecule has 4 rings (SSSR count). The second kappa shape index (κ2) is 8.39. The van der Waals surface area contributed by atoms with Crippen LogP contribution in [0.1, 0.15) is 63.9 Å². The van der Waals surface area contributed by atoms with E-state index in [1.807, 2.05) is 22.8 Å². The molecule has 0 N–H and O–H groups in total. The van der Waals surface area contributed by atoms with Gasteiger partial charge in [-0.1, -0.05) is 18.0 Å². The predicted molar refractivity (Wildman–Crippen MR) is 120 cm³/mol. The van der Waals surface area contributed by atoms with E-state index in [2.05, 4.69) is 0 Å². The molecule has 0 bridgehead atoms. The quantitative estimate of drug-likeness (QED) is 0.681. The fourth-order valence-electron chi connectivity index (χ4n) is 5.65. The van der Waals surface area contributed by atoms with Crippen LogP contribution >= 0.6 is 11.6 Å². The highest BCUT2D eigenvalue weighted by atomic mass is 35.5. The Labute approximate surface area is 189 Å². The third-order valence-electron chi connectivity index (χ3n) is 7.37. The molecular formula is C23H31ClN2O4S. The maximum Gasteiger partial charge on any atom is 0.226 e. The van der Waals surface area contributed by atoms with Gasteiger partial charge in [-0.15, -0.1) is 0 Å². The molecule has 3 fully saturated rings. The third kappa shape index (κ3) is 4.36. The average molecular weight is 467 g/mol. The van der Waals surface area contributed by atoms with Crippen LogP contribution in [0.2, 0.25) is 5.02 Å². The number of carbonyl (C=O) groups is 2. The number of nitrogens with zero attached hydrogens (tertiary/aromatic N) is 2. The first-order chi connectivity index (χ1) is 14.6. The lowest BCUT2D eigenvalue weighted by Crippen LogP contribution is -2.67. The summed E-state index contributed by atoms with van der Waals surface area (Å²) in [5.41, 5.74) is 0.899. The van der Waals surface area contributed by atoms with Crippen molar-refractivity contribution in [2.24, 2.45) is 5.92 Å². The van der Waals surface area contributed by atoms with Gasteiger partial charge < -0.3 is 9.80 Å². The van der Waals surface area contributed by atoms with Crippen LogP contribution in [-0.4, -0.2) is 61.0 Å². The van der Waals surface area contributed by atoms with Gasteiger partial charge >= 0.3 is 0 Å². The van der Waals surface area contributed by atoms with Crippen LogP contribution in [0.4, 0.5) is 0 Å². The van der Waals surface area contributed by atoms with Crippen molar-refractivity contribution in [3.63, 3.8) is 0 Å². The van der Waals surface area contributed by atoms with E-state index in [0.717, 1.165) is 37.7 Å². The smallest absolute Gasteiger partial charge is 0.226 e. The summed E-state index contributed by atoms with van der Waals surface area (Å²) in [5.74, 6) is 0.484. The van der Waals surface area contributed by atoms with Crippen molar-refractivity contribution < 1.29 is 18.0 Å². The van der Waals surface area contributed by atoms with Gasteiger partial charge in [0.1, 0.15) is 0 Å². The van der Waals surface area contributed by atoms with E-state index in [9.17, 15) is 18.0 Å². The summed E-state index contributed by atoms with van der Waals surface area (Å²) in [6.45, 7) is 4.20. The Morgan fingerprint density at radius 3 is 2.35 bits per heavy atom. The van der Waals surface area contributed by atoms with Crippen LogP contribution in [0.15, 0.2) is 23.1 Å². The number of amides is 2. The second-order valence-electron chi connectivity index (χ2n) is 9.53. The highest BCUT2D eigenvalue weighted by molar-refractivity contribution is 7.90. The van der Waals surface area contributed by atoms with Gasteiger partial charge in [0.05, 0.1) is 17.0 Å². The summed E-state index contributed by atoms with van der Waals surface area (Å²) >= 11 is 6.26. The molecule has 2 amide bonds. The van der Waals surface area contributed by atoms with Crippen molar-refractivity contribution >= 4 is 33.3 Å². The third-order valence-corrected chi connectivity index (χ3v) is 8.68. The number of rotatable bonds is 3. The lowest BCUT2D eigenvalue weighted by molar-refractivity contribution is -0.157. The molecule has 1 aliphatic heterocycles. The van der Waals surface area contributed by atoms with Crippen LogP contribution in [0.25, 0.3) is 0 Å². The maximum absolute atomic E-state index is 13.3. The molecule has 2 aliphatic carbocycles. The lowest BCUT2D eigenvalue weighted by Gasteiger charge is -2.55. The standard InChI is InChI=1S/C23H31ClN2O4S/c1-14-13-25(23(28)16-5-4-6-16)22-11-17(7-8-21(22)26(14)15(2)27)18-9-19(24)12-20(10-18)31(3,29)30/h9-10,12,14,16-17,21-22H,4-8,11,13H2,1-3H3/t14-,17?,21?,22?/m0/s1. The Kier molecular flexibility index (Phi) is 6.12. The van der Waals surface area contributed by atoms with Gasteiger partial charge in [0.2, 0.25) is 11.8 Å². The molecule has 31 heavy (non-hydrogen) atoms. The van der Waals surface area contributed by atoms with Gasteiger partial charge in [0, 0.05) is 36.7 Å². The topological polar surface area (TPSA) is 74.8 Å². The summed E-state index contributed by atoms with van der Waals surface area (Å²) in [4.78, 5) is 29.9. The fraction of sp³-hybridized carbons (Fsp3) is 0.652. The summed E-state index contributed by atoms with van der Waals surface area (Å²) in [5, 5.41) is 0.407. The summed E-state index contributed by atoms with van der Waals surface area (Å²) < 4.78 is 24.2. The number of benzene rings is 1. The average Bonchev–Trinajstić information content (AvgIpc) is 2.64. The second-order valence-corrected chi connectivity index (χ2v) is 12.0. The Hall–Kier alpha value is -1.60. The van der Waals surface area contributed by atoms with Crippen LogP contribution in [-0.2, 0) is 19.4 Å². The minimum atomic E-state index is -3.37. The molecule has 4 atom stereocenters. The molecule has 0 radical (unpaired) electrons. The highest BCUT2D eigenvalue weighted by Gasteiger charge is 2.47. The van der Waals surface area contributed by atoms with E-state index in [0.29, 0.717) is 18.0 Å². The zero-order valence-electron chi connectivity index (χ0n) is 18.4. The Bertz CT molecular complexity index is 991. The monoisotopic (exact) mass is 466 g/mol. The Balaban J connectivity index is 1.65. The SMILES string of the molecule is CC(=O)N1C2CCC(c3cc(Cl)cc(S(C)(=O)=O)c3)CC2N(C(=O)C2CCC2)C[C@@H]1C. The first-order valence-electron chi connectivity index (χ1n) is 11.2. The minimum absolute atomic E-state index is 0.00216. The zero-order valence-corrected chi connectivity index (χ0v) is 20.0. The molecule has 1 aromatic rings. The molecule has 3 unspecified atom stereocenters. The molecular weight excluding hydrogens is 436 g/mol. The fourth-order valence-corrected chi connectivity index (χ4v) is 6.65. The Morgan fingerprint density at radius 1 is 1.06 bits per heavy atom. The van der Waals surface area contributed by atoms with E-state index in [-0.39, 0.29) is 46.7 Å². The van der Waals surface area contributed by atoms with Crippen molar-refractivity contribution in [3.8, 4) is 0 Å². The number of fused-ring (bicyclic) bond motifs is 1. The maximum atomic E-state index is 13.3. The van der Waals surface area contributed by atoms with E-state index in [1.165, 1.54) is 12.3 Å². The van der Waals surface area contributed by atoms with Gasteiger partial charge in [0.15, 0.2) is 9.84 Å². The molecule has 1 saturated heterocycles. The van der Waals surface area contributed by atoms with Crippen LogP contribution < -0.4 is 0 Å². The number of halogens is 1. The van der Waals surface area contributed by atoms with E-state index >= 15 is 0 Å². The van der Waals surface area contributed by atoms with Gasteiger partial charge in [-0.05, 0) is 68.7 Å². The number of hydrogen-bond donors (Lipinski definition) is 0. The first kappa shape index (κ1) is 22.6. The van der Waals surface area contributed by atoms with Crippen molar-refractivity contribution in [2.45, 2.75) is 81.3 Å². The van der Waals surface area contributed by atoms with Gasteiger partial charge in [-0.2, -0.15) is 0 Å². The van der Waals surface area contributed by atoms with Crippen LogP contribution in [0.5, 0.6) is 0 Å². The van der Waals surface area contributed by atoms with Gasteiger partial charge in [-0.3, -0.25) is 9.59 Å². The van der Waals surface area contributed by atoms with Crippen LogP contribution in [0.3, 0.4) is 0 Å². The summed E-state index contributed by atoms with van der Waals surface area (Å²) in [6.07, 6.45) is 6.52. The van der Waals surface area contributed by atoms with E-state index in [1.54, 1.807) is 13.0 Å².